The van der Waals surface area contributed by atoms with Crippen LogP contribution in [0, 0.1) is 18.8 Å². The number of fused-ring (bicyclic) bond motifs is 4. The first kappa shape index (κ1) is 46.4. The number of hydrogen-bond donors (Lipinski definition) is 0. The fraction of sp³-hybridized carbons (Fsp3) is 0.0909. The SMILES string of the molecule is CC(C)(c1ccccc1)c1cc(N2[CH-]N(c3[c-]c(N(c4[c-]c5c(cc4)c4ccccc4n5-c4ccccn4)c4ccccc4)cc(-c4ccccc4)c3)c3ccccc32)cc(C(C)(C)c2ccccc2)c1.[Pt]. The number of rotatable bonds is 11. The maximum Gasteiger partial charge on any atom is 0.135 e. The third-order valence-corrected chi connectivity index (χ3v) is 14.4. The summed E-state index contributed by atoms with van der Waals surface area (Å²) in [5, 5.41) is 2.26. The van der Waals surface area contributed by atoms with E-state index in [1.807, 2.05) is 18.3 Å². The standard InChI is InChI=1S/C66H52N5.Pt/c1-65(2,49-25-11-6-12-26-49)51-41-52(66(3,4)50-27-13-7-14-28-50)43-56(42-51)69-46-68(61-33-19-20-34-62(61)69)55-39-48(47-23-9-5-10-24-47)40-57(44-55)70(53-29-15-8-16-30-53)54-36-37-59-58-31-17-18-32-60(58)71(63(59)45-54)64-35-21-22-38-67-64;/h5-43,46H,1-4H3;/q-3;. The van der Waals surface area contributed by atoms with Crippen molar-refractivity contribution in [2.24, 2.45) is 0 Å². The van der Waals surface area contributed by atoms with Crippen LogP contribution < -0.4 is 14.7 Å². The van der Waals surface area contributed by atoms with Crippen molar-refractivity contribution >= 4 is 61.6 Å². The van der Waals surface area contributed by atoms with Gasteiger partial charge in [-0.05, 0) is 87.8 Å². The number of anilines is 7. The first-order valence-corrected chi connectivity index (χ1v) is 24.4. The molecule has 0 spiro atoms. The molecule has 0 saturated carbocycles. The number of nitrogens with zero attached hydrogens (tertiary/aromatic N) is 5. The zero-order valence-electron chi connectivity index (χ0n) is 40.6. The number of aromatic nitrogens is 2. The molecule has 6 heteroatoms. The van der Waals surface area contributed by atoms with E-state index in [1.165, 1.54) is 22.3 Å². The molecule has 0 fully saturated rings. The molecular weight excluding hydrogens is 1060 g/mol. The molecule has 0 amide bonds. The van der Waals surface area contributed by atoms with Crippen molar-refractivity contribution in [3.8, 4) is 16.9 Å². The molecule has 2 aromatic heterocycles. The molecule has 12 rings (SSSR count). The summed E-state index contributed by atoms with van der Waals surface area (Å²) in [5.41, 5.74) is 15.6. The van der Waals surface area contributed by atoms with Crippen LogP contribution in [0.3, 0.4) is 0 Å². The van der Waals surface area contributed by atoms with Gasteiger partial charge in [-0.15, -0.1) is 53.6 Å². The van der Waals surface area contributed by atoms with Crippen LogP contribution in [0.4, 0.5) is 39.8 Å². The van der Waals surface area contributed by atoms with Gasteiger partial charge < -0.3 is 19.3 Å². The van der Waals surface area contributed by atoms with Gasteiger partial charge in [0.25, 0.3) is 0 Å². The maximum absolute atomic E-state index is 4.83. The molecule has 0 atom stereocenters. The van der Waals surface area contributed by atoms with E-state index in [0.29, 0.717) is 0 Å². The third-order valence-electron chi connectivity index (χ3n) is 14.4. The Hall–Kier alpha value is -7.98. The number of pyridine rings is 1. The molecule has 9 aromatic carbocycles. The van der Waals surface area contributed by atoms with Gasteiger partial charge in [-0.3, -0.25) is 0 Å². The topological polar surface area (TPSA) is 27.5 Å². The molecule has 3 heterocycles. The van der Waals surface area contributed by atoms with Crippen LogP contribution in [-0.2, 0) is 31.9 Å². The Kier molecular flexibility index (Phi) is 12.2. The molecule has 5 nitrogen and oxygen atoms in total. The quantitative estimate of drug-likeness (QED) is 0.121. The van der Waals surface area contributed by atoms with Gasteiger partial charge in [0.05, 0.1) is 0 Å². The molecule has 0 radical (unpaired) electrons. The number of hydrogen-bond acceptors (Lipinski definition) is 4. The molecule has 0 saturated heterocycles. The van der Waals surface area contributed by atoms with Crippen LogP contribution in [0.25, 0.3) is 38.8 Å². The summed E-state index contributed by atoms with van der Waals surface area (Å²) in [5.74, 6) is 0.844. The van der Waals surface area contributed by atoms with Crippen LogP contribution >= 0.6 is 0 Å². The van der Waals surface area contributed by atoms with E-state index in [1.54, 1.807) is 0 Å². The van der Waals surface area contributed by atoms with E-state index >= 15 is 0 Å². The summed E-state index contributed by atoms with van der Waals surface area (Å²) in [6.45, 7) is 11.6. The van der Waals surface area contributed by atoms with Gasteiger partial charge >= 0.3 is 0 Å². The van der Waals surface area contributed by atoms with Gasteiger partial charge in [0, 0.05) is 66.4 Å². The minimum absolute atomic E-state index is 0. The van der Waals surface area contributed by atoms with E-state index < -0.39 is 0 Å². The van der Waals surface area contributed by atoms with Crippen molar-refractivity contribution < 1.29 is 21.1 Å². The molecular formula is C66H52N5Pt-3. The van der Waals surface area contributed by atoms with Gasteiger partial charge in [0.2, 0.25) is 0 Å². The minimum atomic E-state index is -0.280. The summed E-state index contributed by atoms with van der Waals surface area (Å²) in [6, 6.07) is 90.3. The average Bonchev–Trinajstić information content (AvgIpc) is 3.98. The maximum atomic E-state index is 4.83. The van der Waals surface area contributed by atoms with Crippen LogP contribution in [0.2, 0.25) is 0 Å². The summed E-state index contributed by atoms with van der Waals surface area (Å²) in [6.07, 6.45) is 1.85. The summed E-state index contributed by atoms with van der Waals surface area (Å²) in [4.78, 5) is 11.8. The smallest absolute Gasteiger partial charge is 0.135 e. The van der Waals surface area contributed by atoms with Gasteiger partial charge in [0.1, 0.15) is 5.82 Å². The molecule has 1 aliphatic heterocycles. The number of para-hydroxylation sites is 4. The Bertz CT molecular complexity index is 3620. The van der Waals surface area contributed by atoms with Gasteiger partial charge in [-0.25, -0.2) is 4.98 Å². The zero-order valence-corrected chi connectivity index (χ0v) is 42.9. The Labute approximate surface area is 437 Å². The van der Waals surface area contributed by atoms with Crippen molar-refractivity contribution in [1.29, 1.82) is 0 Å². The summed E-state index contributed by atoms with van der Waals surface area (Å²) >= 11 is 0. The Morgan fingerprint density at radius 1 is 0.458 bits per heavy atom. The van der Waals surface area contributed by atoms with Gasteiger partial charge in [0.15, 0.2) is 0 Å². The monoisotopic (exact) mass is 1110 g/mol. The molecule has 0 N–H and O–H groups in total. The molecule has 72 heavy (non-hydrogen) atoms. The van der Waals surface area contributed by atoms with E-state index in [9.17, 15) is 0 Å². The zero-order chi connectivity index (χ0) is 48.1. The largest absolute Gasteiger partial charge is 0.493 e. The fourth-order valence-electron chi connectivity index (χ4n) is 10.3. The molecule has 0 aliphatic carbocycles. The second-order valence-corrected chi connectivity index (χ2v) is 19.4. The van der Waals surface area contributed by atoms with Crippen molar-refractivity contribution in [2.45, 2.75) is 38.5 Å². The molecule has 1 aliphatic rings. The summed E-state index contributed by atoms with van der Waals surface area (Å²) in [7, 11) is 0. The first-order chi connectivity index (χ1) is 34.7. The first-order valence-electron chi connectivity index (χ1n) is 24.4. The van der Waals surface area contributed by atoms with E-state index in [4.69, 9.17) is 4.98 Å². The Balaban J connectivity index is 0.00000560. The van der Waals surface area contributed by atoms with Crippen LogP contribution in [0.5, 0.6) is 0 Å². The third kappa shape index (κ3) is 8.28. The molecule has 0 unspecified atom stereocenters. The summed E-state index contributed by atoms with van der Waals surface area (Å²) < 4.78 is 2.22. The van der Waals surface area contributed by atoms with Crippen molar-refractivity contribution in [1.82, 2.24) is 9.55 Å². The molecule has 0 bridgehead atoms. The fourth-order valence-corrected chi connectivity index (χ4v) is 10.3. The molecule has 354 valence electrons. The molecule has 11 aromatic rings. The van der Waals surface area contributed by atoms with E-state index in [2.05, 4.69) is 284 Å². The van der Waals surface area contributed by atoms with Crippen LogP contribution in [-0.4, -0.2) is 9.55 Å². The van der Waals surface area contributed by atoms with E-state index in [-0.39, 0.29) is 31.9 Å². The Morgan fingerprint density at radius 2 is 1.03 bits per heavy atom. The predicted molar refractivity (Wildman–Crippen MR) is 295 cm³/mol. The second-order valence-electron chi connectivity index (χ2n) is 19.4. The van der Waals surface area contributed by atoms with Gasteiger partial charge in [-0.2, -0.15) is 6.07 Å². The van der Waals surface area contributed by atoms with Gasteiger partial charge in [-0.1, -0.05) is 196 Å². The minimum Gasteiger partial charge on any atom is -0.493 e. The average molecular weight is 1110 g/mol. The Morgan fingerprint density at radius 3 is 1.67 bits per heavy atom. The van der Waals surface area contributed by atoms with Crippen molar-refractivity contribution in [2.75, 3.05) is 14.7 Å². The van der Waals surface area contributed by atoms with Crippen LogP contribution in [0.15, 0.2) is 237 Å². The van der Waals surface area contributed by atoms with Crippen molar-refractivity contribution in [3.63, 3.8) is 0 Å². The van der Waals surface area contributed by atoms with Crippen molar-refractivity contribution in [3.05, 3.63) is 278 Å². The number of benzene rings is 9. The predicted octanol–water partition coefficient (Wildman–Crippen LogP) is 17.0. The van der Waals surface area contributed by atoms with Crippen LogP contribution in [0.1, 0.15) is 49.9 Å². The van der Waals surface area contributed by atoms with E-state index in [0.717, 1.165) is 78.6 Å². The normalized spacial score (nSPS) is 12.5. The second kappa shape index (κ2) is 19.0.